The molecule has 0 aliphatic rings. The number of thioether (sulfide) groups is 1. The lowest BCUT2D eigenvalue weighted by atomic mass is 10.3. The summed E-state index contributed by atoms with van der Waals surface area (Å²) in [5.74, 6) is -7.13. The number of anilines is 1. The number of aromatic nitrogens is 1. The smallest absolute Gasteiger partial charge is 0.236 e. The van der Waals surface area contributed by atoms with Crippen LogP contribution in [0.2, 0.25) is 0 Å². The molecule has 3 nitrogen and oxygen atoms in total. The van der Waals surface area contributed by atoms with Crippen LogP contribution < -0.4 is 5.32 Å². The largest absolute Gasteiger partial charge is 0.301 e. The zero-order valence-electron chi connectivity index (χ0n) is 12.1. The minimum Gasteiger partial charge on any atom is -0.301 e. The lowest BCUT2D eigenvalue weighted by Crippen LogP contribution is -2.13. The van der Waals surface area contributed by atoms with Crippen LogP contribution >= 0.6 is 23.1 Å². The Morgan fingerprint density at radius 2 is 1.80 bits per heavy atom. The van der Waals surface area contributed by atoms with E-state index in [1.807, 2.05) is 0 Å². The molecule has 0 saturated carbocycles. The molecule has 130 valence electrons. The Morgan fingerprint density at radius 3 is 2.52 bits per heavy atom. The van der Waals surface area contributed by atoms with E-state index in [4.69, 9.17) is 0 Å². The van der Waals surface area contributed by atoms with Crippen molar-refractivity contribution in [3.63, 3.8) is 0 Å². The van der Waals surface area contributed by atoms with Gasteiger partial charge in [0.25, 0.3) is 0 Å². The SMILES string of the molecule is O=C(CSc1ccc(F)c(F)c1)Nc1nc2c(F)c(F)c(F)cc2s1. The standard InChI is InChI=1S/C15H7F5N2OS2/c16-7-2-1-6(3-8(7)17)24-5-11(23)21-15-22-14-10(25-15)4-9(18)12(19)13(14)20/h1-4H,5H2,(H,21,22,23). The molecule has 3 rings (SSSR count). The quantitative estimate of drug-likeness (QED) is 0.398. The first-order valence-corrected chi connectivity index (χ1v) is 8.47. The molecule has 0 unspecified atom stereocenters. The summed E-state index contributed by atoms with van der Waals surface area (Å²) in [5, 5.41) is 2.33. The molecule has 0 saturated heterocycles. The third-order valence-electron chi connectivity index (χ3n) is 3.03. The molecule has 0 atom stereocenters. The number of halogens is 5. The minimum atomic E-state index is -1.63. The Kier molecular flexibility index (Phi) is 4.91. The number of carbonyl (C=O) groups excluding carboxylic acids is 1. The lowest BCUT2D eigenvalue weighted by molar-refractivity contribution is -0.113. The van der Waals surface area contributed by atoms with Crippen LogP contribution in [0.3, 0.4) is 0 Å². The number of amides is 1. The highest BCUT2D eigenvalue weighted by Gasteiger charge is 2.18. The monoisotopic (exact) mass is 390 g/mol. The van der Waals surface area contributed by atoms with Crippen molar-refractivity contribution in [2.75, 3.05) is 11.1 Å². The Morgan fingerprint density at radius 1 is 1.04 bits per heavy atom. The van der Waals surface area contributed by atoms with Crippen LogP contribution in [0.15, 0.2) is 29.2 Å². The fourth-order valence-electron chi connectivity index (χ4n) is 1.90. The number of benzene rings is 2. The normalized spacial score (nSPS) is 11.1. The van der Waals surface area contributed by atoms with Crippen molar-refractivity contribution < 1.29 is 26.7 Å². The number of nitrogens with one attached hydrogen (secondary N) is 1. The van der Waals surface area contributed by atoms with Gasteiger partial charge < -0.3 is 5.32 Å². The van der Waals surface area contributed by atoms with Gasteiger partial charge in [0.1, 0.15) is 5.52 Å². The van der Waals surface area contributed by atoms with Crippen molar-refractivity contribution in [1.82, 2.24) is 4.98 Å². The maximum Gasteiger partial charge on any atom is 0.236 e. The summed E-state index contributed by atoms with van der Waals surface area (Å²) in [4.78, 5) is 15.9. The summed E-state index contributed by atoms with van der Waals surface area (Å²) in [6.45, 7) is 0. The van der Waals surface area contributed by atoms with Gasteiger partial charge in [0.2, 0.25) is 5.91 Å². The Bertz CT molecular complexity index is 976. The van der Waals surface area contributed by atoms with Gasteiger partial charge in [-0.05, 0) is 24.3 Å². The molecule has 10 heteroatoms. The molecule has 0 bridgehead atoms. The van der Waals surface area contributed by atoms with E-state index >= 15 is 0 Å². The Labute approximate surface area is 145 Å². The number of carbonyl (C=O) groups is 1. The average Bonchev–Trinajstić information content (AvgIpc) is 2.96. The Hall–Kier alpha value is -2.20. The minimum absolute atomic E-state index is 0.0326. The summed E-state index contributed by atoms with van der Waals surface area (Å²) in [6.07, 6.45) is 0. The molecule has 1 amide bonds. The number of thiazole rings is 1. The van der Waals surface area contributed by atoms with Crippen LogP contribution in [-0.4, -0.2) is 16.6 Å². The summed E-state index contributed by atoms with van der Waals surface area (Å²) >= 11 is 1.73. The number of hydrogen-bond acceptors (Lipinski definition) is 4. The van der Waals surface area contributed by atoms with E-state index in [0.29, 0.717) is 4.90 Å². The van der Waals surface area contributed by atoms with Crippen LogP contribution in [0.4, 0.5) is 27.1 Å². The molecule has 2 aromatic carbocycles. The van der Waals surface area contributed by atoms with Gasteiger partial charge in [-0.3, -0.25) is 4.79 Å². The average molecular weight is 390 g/mol. The highest BCUT2D eigenvalue weighted by molar-refractivity contribution is 8.00. The highest BCUT2D eigenvalue weighted by atomic mass is 32.2. The second-order valence-electron chi connectivity index (χ2n) is 4.76. The molecule has 1 N–H and O–H groups in total. The molecule has 1 heterocycles. The summed E-state index contributed by atoms with van der Waals surface area (Å²) in [5.41, 5.74) is -0.382. The van der Waals surface area contributed by atoms with E-state index in [2.05, 4.69) is 10.3 Å². The third-order valence-corrected chi connectivity index (χ3v) is 4.94. The molecular formula is C15H7F5N2OS2. The van der Waals surface area contributed by atoms with Crippen molar-refractivity contribution in [2.45, 2.75) is 4.90 Å². The van der Waals surface area contributed by atoms with E-state index < -0.39 is 35.0 Å². The second kappa shape index (κ2) is 6.96. The zero-order chi connectivity index (χ0) is 18.1. The first kappa shape index (κ1) is 17.6. The first-order valence-electron chi connectivity index (χ1n) is 6.67. The van der Waals surface area contributed by atoms with Crippen LogP contribution in [0.5, 0.6) is 0 Å². The van der Waals surface area contributed by atoms with Crippen molar-refractivity contribution >= 4 is 44.4 Å². The van der Waals surface area contributed by atoms with Crippen molar-refractivity contribution in [1.29, 1.82) is 0 Å². The molecule has 0 spiro atoms. The van der Waals surface area contributed by atoms with Gasteiger partial charge in [-0.25, -0.2) is 26.9 Å². The molecule has 0 fully saturated rings. The first-order chi connectivity index (χ1) is 11.8. The molecule has 0 aliphatic carbocycles. The fourth-order valence-corrected chi connectivity index (χ4v) is 3.52. The summed E-state index contributed by atoms with van der Waals surface area (Å²) in [6, 6.07) is 3.99. The topological polar surface area (TPSA) is 42.0 Å². The van der Waals surface area contributed by atoms with Gasteiger partial charge in [-0.2, -0.15) is 0 Å². The lowest BCUT2D eigenvalue weighted by Gasteiger charge is -2.02. The number of nitrogens with zero attached hydrogens (tertiary/aromatic N) is 1. The van der Waals surface area contributed by atoms with Crippen LogP contribution in [0.25, 0.3) is 10.2 Å². The number of hydrogen-bond donors (Lipinski definition) is 1. The van der Waals surface area contributed by atoms with Gasteiger partial charge >= 0.3 is 0 Å². The van der Waals surface area contributed by atoms with E-state index in [0.717, 1.165) is 41.3 Å². The summed E-state index contributed by atoms with van der Waals surface area (Å²) in [7, 11) is 0. The molecule has 0 radical (unpaired) electrons. The van der Waals surface area contributed by atoms with Gasteiger partial charge in [0.05, 0.1) is 10.5 Å². The van der Waals surface area contributed by atoms with E-state index in [-0.39, 0.29) is 21.1 Å². The number of fused-ring (bicyclic) bond motifs is 1. The zero-order valence-corrected chi connectivity index (χ0v) is 13.7. The van der Waals surface area contributed by atoms with Crippen LogP contribution in [0, 0.1) is 29.1 Å². The van der Waals surface area contributed by atoms with E-state index in [1.165, 1.54) is 6.07 Å². The third kappa shape index (κ3) is 3.74. The molecule has 1 aromatic heterocycles. The molecular weight excluding hydrogens is 383 g/mol. The number of rotatable bonds is 4. The van der Waals surface area contributed by atoms with Gasteiger partial charge in [-0.1, -0.05) is 11.3 Å². The predicted octanol–water partition coefficient (Wildman–Crippen LogP) is 4.72. The maximum absolute atomic E-state index is 13.6. The van der Waals surface area contributed by atoms with Gasteiger partial charge in [0, 0.05) is 4.90 Å². The van der Waals surface area contributed by atoms with E-state index in [1.54, 1.807) is 0 Å². The van der Waals surface area contributed by atoms with E-state index in [9.17, 15) is 26.7 Å². The summed E-state index contributed by atoms with van der Waals surface area (Å²) < 4.78 is 65.9. The molecule has 25 heavy (non-hydrogen) atoms. The second-order valence-corrected chi connectivity index (χ2v) is 6.84. The van der Waals surface area contributed by atoms with Gasteiger partial charge in [0.15, 0.2) is 34.2 Å². The van der Waals surface area contributed by atoms with Crippen LogP contribution in [0.1, 0.15) is 0 Å². The van der Waals surface area contributed by atoms with Crippen molar-refractivity contribution in [3.8, 4) is 0 Å². The van der Waals surface area contributed by atoms with Crippen LogP contribution in [-0.2, 0) is 4.79 Å². The highest BCUT2D eigenvalue weighted by Crippen LogP contribution is 2.30. The van der Waals surface area contributed by atoms with Crippen molar-refractivity contribution in [2.24, 2.45) is 0 Å². The Balaban J connectivity index is 1.69. The molecule has 0 aliphatic heterocycles. The molecule has 3 aromatic rings. The van der Waals surface area contributed by atoms with Gasteiger partial charge in [-0.15, -0.1) is 11.8 Å². The van der Waals surface area contributed by atoms with Crippen molar-refractivity contribution in [3.05, 3.63) is 53.4 Å². The fraction of sp³-hybridized carbons (Fsp3) is 0.0667. The maximum atomic E-state index is 13.6. The predicted molar refractivity (Wildman–Crippen MR) is 85.2 cm³/mol.